The number of piperidine rings is 1. The molecule has 2 aromatic carbocycles. The van der Waals surface area contributed by atoms with Crippen molar-refractivity contribution in [1.29, 1.82) is 0 Å². The Morgan fingerprint density at radius 2 is 1.86 bits per heavy atom. The molecule has 1 aliphatic rings. The zero-order valence-corrected chi connectivity index (χ0v) is 17.3. The van der Waals surface area contributed by atoms with Crippen LogP contribution in [0.1, 0.15) is 39.5 Å². The summed E-state index contributed by atoms with van der Waals surface area (Å²) in [5.41, 5.74) is 2.97. The average Bonchev–Trinajstić information content (AvgIpc) is 2.75. The van der Waals surface area contributed by atoms with Crippen molar-refractivity contribution in [3.8, 4) is 16.9 Å². The van der Waals surface area contributed by atoms with Gasteiger partial charge >= 0.3 is 0 Å². The second-order valence-electron chi connectivity index (χ2n) is 7.57. The Hall–Kier alpha value is -2.33. The molecular weight excluding hydrogens is 348 g/mol. The predicted molar refractivity (Wildman–Crippen MR) is 116 cm³/mol. The van der Waals surface area contributed by atoms with E-state index in [4.69, 9.17) is 4.74 Å². The van der Waals surface area contributed by atoms with Crippen LogP contribution in [-0.4, -0.2) is 37.0 Å². The number of hydrogen-bond donors (Lipinski definition) is 1. The zero-order valence-electron chi connectivity index (χ0n) is 17.3. The molecule has 1 heterocycles. The number of hydrogen-bond acceptors (Lipinski definition) is 3. The van der Waals surface area contributed by atoms with Crippen LogP contribution in [0.3, 0.4) is 0 Å². The third-order valence-corrected chi connectivity index (χ3v) is 5.87. The topological polar surface area (TPSA) is 41.6 Å². The molecular formula is C24H32N2O2. The number of para-hydroxylation sites is 1. The number of amides is 1. The number of nitrogens with zero attached hydrogens (tertiary/aromatic N) is 1. The summed E-state index contributed by atoms with van der Waals surface area (Å²) in [4.78, 5) is 15.5. The van der Waals surface area contributed by atoms with Crippen LogP contribution >= 0.6 is 0 Å². The molecule has 4 nitrogen and oxygen atoms in total. The van der Waals surface area contributed by atoms with Crippen molar-refractivity contribution in [2.75, 3.05) is 25.5 Å². The Kier molecular flexibility index (Phi) is 7.10. The smallest absolute Gasteiger partial charge is 0.228 e. The van der Waals surface area contributed by atoms with E-state index in [0.29, 0.717) is 6.04 Å². The monoisotopic (exact) mass is 380 g/mol. The van der Waals surface area contributed by atoms with Crippen molar-refractivity contribution in [2.24, 2.45) is 5.92 Å². The van der Waals surface area contributed by atoms with Crippen molar-refractivity contribution < 1.29 is 9.53 Å². The van der Waals surface area contributed by atoms with Crippen LogP contribution in [0.4, 0.5) is 5.69 Å². The molecule has 2 aromatic rings. The van der Waals surface area contributed by atoms with Crippen molar-refractivity contribution >= 4 is 11.6 Å². The number of likely N-dealkylation sites (tertiary alicyclic amines) is 1. The quantitative estimate of drug-likeness (QED) is 0.718. The number of anilines is 1. The summed E-state index contributed by atoms with van der Waals surface area (Å²) >= 11 is 0. The van der Waals surface area contributed by atoms with Gasteiger partial charge in [0.25, 0.3) is 0 Å². The summed E-state index contributed by atoms with van der Waals surface area (Å²) in [6, 6.07) is 16.5. The Morgan fingerprint density at radius 1 is 1.14 bits per heavy atom. The van der Waals surface area contributed by atoms with Gasteiger partial charge in [-0.25, -0.2) is 0 Å². The van der Waals surface area contributed by atoms with Crippen molar-refractivity contribution in [3.63, 3.8) is 0 Å². The maximum absolute atomic E-state index is 13.0. The second-order valence-corrected chi connectivity index (χ2v) is 7.57. The van der Waals surface area contributed by atoms with Gasteiger partial charge in [-0.05, 0) is 56.0 Å². The fraction of sp³-hybridized carbons (Fsp3) is 0.458. The largest absolute Gasteiger partial charge is 0.497 e. The Morgan fingerprint density at radius 3 is 2.54 bits per heavy atom. The summed E-state index contributed by atoms with van der Waals surface area (Å²) in [5.74, 6) is 1.02. The van der Waals surface area contributed by atoms with Gasteiger partial charge in [0, 0.05) is 23.8 Å². The molecule has 1 aliphatic heterocycles. The van der Waals surface area contributed by atoms with E-state index in [2.05, 4.69) is 30.1 Å². The van der Waals surface area contributed by atoms with Crippen LogP contribution in [0, 0.1) is 5.92 Å². The van der Waals surface area contributed by atoms with Crippen molar-refractivity contribution in [3.05, 3.63) is 48.5 Å². The highest BCUT2D eigenvalue weighted by Gasteiger charge is 2.28. The lowest BCUT2D eigenvalue weighted by molar-refractivity contribution is -0.121. The van der Waals surface area contributed by atoms with Crippen LogP contribution in [0.5, 0.6) is 5.75 Å². The minimum absolute atomic E-state index is 0.0540. The first kappa shape index (κ1) is 20.4. The maximum Gasteiger partial charge on any atom is 0.228 e. The molecule has 1 fully saturated rings. The van der Waals surface area contributed by atoms with E-state index in [9.17, 15) is 4.79 Å². The fourth-order valence-electron chi connectivity index (χ4n) is 4.21. The molecule has 1 atom stereocenters. The summed E-state index contributed by atoms with van der Waals surface area (Å²) in [5, 5.41) is 3.21. The highest BCUT2D eigenvalue weighted by atomic mass is 16.5. The van der Waals surface area contributed by atoms with Crippen LogP contribution in [0.2, 0.25) is 0 Å². The van der Waals surface area contributed by atoms with Gasteiger partial charge in [0.2, 0.25) is 5.91 Å². The Balaban J connectivity index is 1.73. The van der Waals surface area contributed by atoms with Crippen LogP contribution in [0.15, 0.2) is 48.5 Å². The lowest BCUT2D eigenvalue weighted by Crippen LogP contribution is -2.45. The van der Waals surface area contributed by atoms with Gasteiger partial charge in [0.15, 0.2) is 0 Å². The minimum Gasteiger partial charge on any atom is -0.497 e. The Bertz CT molecular complexity index is 768. The zero-order chi connectivity index (χ0) is 19.9. The van der Waals surface area contributed by atoms with Crippen LogP contribution < -0.4 is 10.1 Å². The van der Waals surface area contributed by atoms with Gasteiger partial charge in [-0.15, -0.1) is 0 Å². The van der Waals surface area contributed by atoms with E-state index in [-0.39, 0.29) is 11.8 Å². The molecule has 0 unspecified atom stereocenters. The number of carbonyl (C=O) groups excluding carboxylic acids is 1. The standard InChI is InChI=1S/C24H32N2O2/c1-4-20(5-2)26-16-8-9-19(17-26)24(27)25-23-11-7-6-10-22(23)18-12-14-21(28-3)15-13-18/h6-7,10-15,19-20H,4-5,8-9,16-17H2,1-3H3,(H,25,27)/t19-/m1/s1. The van der Waals surface area contributed by atoms with E-state index in [1.54, 1.807) is 7.11 Å². The summed E-state index contributed by atoms with van der Waals surface area (Å²) < 4.78 is 5.25. The van der Waals surface area contributed by atoms with E-state index in [1.165, 1.54) is 0 Å². The molecule has 0 aliphatic carbocycles. The average molecular weight is 381 g/mol. The molecule has 0 radical (unpaired) electrons. The summed E-state index contributed by atoms with van der Waals surface area (Å²) in [7, 11) is 1.66. The highest BCUT2D eigenvalue weighted by molar-refractivity contribution is 5.97. The number of carbonyl (C=O) groups is 1. The molecule has 0 spiro atoms. The van der Waals surface area contributed by atoms with Crippen molar-refractivity contribution in [2.45, 2.75) is 45.6 Å². The van der Waals surface area contributed by atoms with Gasteiger partial charge in [-0.1, -0.05) is 44.2 Å². The maximum atomic E-state index is 13.0. The first-order chi connectivity index (χ1) is 13.7. The van der Waals surface area contributed by atoms with E-state index >= 15 is 0 Å². The van der Waals surface area contributed by atoms with E-state index < -0.39 is 0 Å². The number of rotatable bonds is 7. The highest BCUT2D eigenvalue weighted by Crippen LogP contribution is 2.30. The molecule has 150 valence electrons. The SMILES string of the molecule is CCC(CC)N1CCC[C@@H](C(=O)Nc2ccccc2-c2ccc(OC)cc2)C1. The lowest BCUT2D eigenvalue weighted by atomic mass is 9.94. The number of ether oxygens (including phenoxy) is 1. The molecule has 0 bridgehead atoms. The first-order valence-electron chi connectivity index (χ1n) is 10.4. The normalized spacial score (nSPS) is 17.5. The third-order valence-electron chi connectivity index (χ3n) is 5.87. The first-order valence-corrected chi connectivity index (χ1v) is 10.4. The van der Waals surface area contributed by atoms with Gasteiger partial charge in [-0.2, -0.15) is 0 Å². The van der Waals surface area contributed by atoms with Gasteiger partial charge in [0.1, 0.15) is 5.75 Å². The molecule has 1 amide bonds. The van der Waals surface area contributed by atoms with Crippen LogP contribution in [-0.2, 0) is 4.79 Å². The molecule has 0 saturated carbocycles. The molecule has 1 N–H and O–H groups in total. The molecule has 4 heteroatoms. The minimum atomic E-state index is 0.0540. The van der Waals surface area contributed by atoms with Gasteiger partial charge < -0.3 is 10.1 Å². The molecule has 0 aromatic heterocycles. The third kappa shape index (κ3) is 4.74. The molecule has 28 heavy (non-hydrogen) atoms. The van der Waals surface area contributed by atoms with E-state index in [1.807, 2.05) is 42.5 Å². The Labute approximate surface area is 168 Å². The van der Waals surface area contributed by atoms with Crippen molar-refractivity contribution in [1.82, 2.24) is 4.90 Å². The van der Waals surface area contributed by atoms with Gasteiger partial charge in [0.05, 0.1) is 13.0 Å². The fourth-order valence-corrected chi connectivity index (χ4v) is 4.21. The van der Waals surface area contributed by atoms with Crippen LogP contribution in [0.25, 0.3) is 11.1 Å². The number of benzene rings is 2. The molecule has 1 saturated heterocycles. The second kappa shape index (κ2) is 9.74. The lowest BCUT2D eigenvalue weighted by Gasteiger charge is -2.37. The molecule has 3 rings (SSSR count). The number of nitrogens with one attached hydrogen (secondary N) is 1. The summed E-state index contributed by atoms with van der Waals surface area (Å²) in [6.07, 6.45) is 4.35. The number of methoxy groups -OCH3 is 1. The van der Waals surface area contributed by atoms with Gasteiger partial charge in [-0.3, -0.25) is 9.69 Å². The van der Waals surface area contributed by atoms with E-state index in [0.717, 1.165) is 61.3 Å². The summed E-state index contributed by atoms with van der Waals surface area (Å²) in [6.45, 7) is 6.45. The predicted octanol–water partition coefficient (Wildman–Crippen LogP) is 5.20.